The summed E-state index contributed by atoms with van der Waals surface area (Å²) in [6.45, 7) is 9.34. The Bertz CT molecular complexity index is 358. The van der Waals surface area contributed by atoms with Crippen LogP contribution >= 0.6 is 27.3 Å². The monoisotopic (exact) mass is 330 g/mol. The summed E-state index contributed by atoms with van der Waals surface area (Å²) in [7, 11) is 0. The summed E-state index contributed by atoms with van der Waals surface area (Å²) < 4.78 is 1.22. The Hall–Kier alpha value is 0.1000. The van der Waals surface area contributed by atoms with Crippen molar-refractivity contribution in [3.63, 3.8) is 0 Å². The Balaban J connectivity index is 1.78. The van der Waals surface area contributed by atoms with E-state index in [2.05, 4.69) is 51.4 Å². The quantitative estimate of drug-likeness (QED) is 0.855. The van der Waals surface area contributed by atoms with Gasteiger partial charge in [-0.1, -0.05) is 13.8 Å². The van der Waals surface area contributed by atoms with Crippen molar-refractivity contribution in [1.82, 2.24) is 10.2 Å². The minimum Gasteiger partial charge on any atom is -0.311 e. The van der Waals surface area contributed by atoms with Crippen LogP contribution in [0.3, 0.4) is 0 Å². The third kappa shape index (κ3) is 4.05. The second-order valence-electron chi connectivity index (χ2n) is 5.44. The van der Waals surface area contributed by atoms with E-state index in [4.69, 9.17) is 0 Å². The number of nitrogens with zero attached hydrogens (tertiary/aromatic N) is 1. The van der Waals surface area contributed by atoms with E-state index >= 15 is 0 Å². The summed E-state index contributed by atoms with van der Waals surface area (Å²) in [6, 6.07) is 2.90. The minimum absolute atomic E-state index is 0.689. The largest absolute Gasteiger partial charge is 0.311 e. The predicted molar refractivity (Wildman–Crippen MR) is 83.2 cm³/mol. The zero-order valence-corrected chi connectivity index (χ0v) is 13.7. The normalized spacial score (nSPS) is 18.7. The average molecular weight is 331 g/mol. The van der Waals surface area contributed by atoms with Crippen molar-refractivity contribution >= 4 is 27.3 Å². The lowest BCUT2D eigenvalue weighted by Gasteiger charge is -2.31. The lowest BCUT2D eigenvalue weighted by molar-refractivity contribution is 0.186. The van der Waals surface area contributed by atoms with E-state index in [0.29, 0.717) is 6.04 Å². The summed E-state index contributed by atoms with van der Waals surface area (Å²) in [6.07, 6.45) is 2.75. The van der Waals surface area contributed by atoms with Crippen molar-refractivity contribution in [2.45, 2.75) is 39.3 Å². The topological polar surface area (TPSA) is 15.3 Å². The highest BCUT2D eigenvalue weighted by Crippen LogP contribution is 2.21. The lowest BCUT2D eigenvalue weighted by atomic mass is 10.0. The molecule has 102 valence electrons. The fourth-order valence-corrected chi connectivity index (χ4v) is 3.87. The standard InChI is InChI=1S/C14H23BrN2S/c1-11(2)13(17-5-3-4-6-17)9-16-8-12-7-14(15)18-10-12/h7,10-11,13,16H,3-6,8-9H2,1-2H3. The van der Waals surface area contributed by atoms with Crippen molar-refractivity contribution in [2.24, 2.45) is 5.92 Å². The molecule has 0 radical (unpaired) electrons. The number of halogens is 1. The second-order valence-corrected chi connectivity index (χ2v) is 7.73. The molecule has 1 aromatic heterocycles. The molecular weight excluding hydrogens is 308 g/mol. The molecule has 18 heavy (non-hydrogen) atoms. The highest BCUT2D eigenvalue weighted by atomic mass is 79.9. The van der Waals surface area contributed by atoms with Crippen molar-refractivity contribution < 1.29 is 0 Å². The molecule has 2 rings (SSSR count). The Morgan fingerprint density at radius 2 is 2.11 bits per heavy atom. The Kier molecular flexibility index (Phi) is 5.67. The summed E-state index contributed by atoms with van der Waals surface area (Å²) in [5.41, 5.74) is 1.39. The molecule has 1 aliphatic heterocycles. The van der Waals surface area contributed by atoms with E-state index in [9.17, 15) is 0 Å². The van der Waals surface area contributed by atoms with E-state index in [-0.39, 0.29) is 0 Å². The van der Waals surface area contributed by atoms with Crippen LogP contribution in [0.2, 0.25) is 0 Å². The van der Waals surface area contributed by atoms with E-state index in [1.165, 1.54) is 35.3 Å². The first-order chi connectivity index (χ1) is 8.66. The van der Waals surface area contributed by atoms with Gasteiger partial charge < -0.3 is 5.32 Å². The molecule has 4 heteroatoms. The van der Waals surface area contributed by atoms with Gasteiger partial charge in [-0.05, 0) is 64.8 Å². The zero-order chi connectivity index (χ0) is 13.0. The van der Waals surface area contributed by atoms with E-state index in [1.54, 1.807) is 11.3 Å². The smallest absolute Gasteiger partial charge is 0.0701 e. The first kappa shape index (κ1) is 14.5. The van der Waals surface area contributed by atoms with Gasteiger partial charge in [-0.3, -0.25) is 4.90 Å². The van der Waals surface area contributed by atoms with Crippen LogP contribution in [0.4, 0.5) is 0 Å². The molecule has 1 atom stereocenters. The SMILES string of the molecule is CC(C)C(CNCc1csc(Br)c1)N1CCCC1. The summed E-state index contributed by atoms with van der Waals surface area (Å²) >= 11 is 5.27. The van der Waals surface area contributed by atoms with Gasteiger partial charge in [0.2, 0.25) is 0 Å². The molecule has 1 aliphatic rings. The van der Waals surface area contributed by atoms with Crippen molar-refractivity contribution in [2.75, 3.05) is 19.6 Å². The maximum Gasteiger partial charge on any atom is 0.0701 e. The van der Waals surface area contributed by atoms with Crippen LogP contribution in [0, 0.1) is 5.92 Å². The number of likely N-dealkylation sites (tertiary alicyclic amines) is 1. The molecule has 0 aromatic carbocycles. The number of hydrogen-bond donors (Lipinski definition) is 1. The minimum atomic E-state index is 0.689. The maximum absolute atomic E-state index is 3.62. The van der Waals surface area contributed by atoms with Gasteiger partial charge in [0.05, 0.1) is 3.79 Å². The number of hydrogen-bond acceptors (Lipinski definition) is 3. The van der Waals surface area contributed by atoms with Crippen LogP contribution in [0.5, 0.6) is 0 Å². The van der Waals surface area contributed by atoms with Gasteiger partial charge in [0.25, 0.3) is 0 Å². The molecule has 1 N–H and O–H groups in total. The Morgan fingerprint density at radius 3 is 2.67 bits per heavy atom. The van der Waals surface area contributed by atoms with Crippen molar-refractivity contribution in [1.29, 1.82) is 0 Å². The van der Waals surface area contributed by atoms with Gasteiger partial charge in [-0.2, -0.15) is 0 Å². The molecule has 1 unspecified atom stereocenters. The van der Waals surface area contributed by atoms with Gasteiger partial charge in [0.15, 0.2) is 0 Å². The summed E-state index contributed by atoms with van der Waals surface area (Å²) in [5, 5.41) is 5.84. The molecular formula is C14H23BrN2S. The lowest BCUT2D eigenvalue weighted by Crippen LogP contribution is -2.44. The first-order valence-corrected chi connectivity index (χ1v) is 8.52. The fourth-order valence-electron chi connectivity index (χ4n) is 2.66. The van der Waals surface area contributed by atoms with Gasteiger partial charge in [-0.15, -0.1) is 11.3 Å². The van der Waals surface area contributed by atoms with Crippen LogP contribution in [0.1, 0.15) is 32.3 Å². The zero-order valence-electron chi connectivity index (χ0n) is 11.3. The number of nitrogens with one attached hydrogen (secondary N) is 1. The highest BCUT2D eigenvalue weighted by Gasteiger charge is 2.23. The predicted octanol–water partition coefficient (Wildman–Crippen LogP) is 3.72. The van der Waals surface area contributed by atoms with Crippen molar-refractivity contribution in [3.8, 4) is 0 Å². The summed E-state index contributed by atoms with van der Waals surface area (Å²) in [4.78, 5) is 2.65. The van der Waals surface area contributed by atoms with E-state index in [0.717, 1.165) is 19.0 Å². The molecule has 2 heterocycles. The fraction of sp³-hybridized carbons (Fsp3) is 0.714. The van der Waals surface area contributed by atoms with Gasteiger partial charge in [0, 0.05) is 19.1 Å². The molecule has 1 aromatic rings. The molecule has 0 amide bonds. The summed E-state index contributed by atoms with van der Waals surface area (Å²) in [5.74, 6) is 0.727. The van der Waals surface area contributed by atoms with Crippen LogP contribution in [-0.4, -0.2) is 30.6 Å². The average Bonchev–Trinajstić information content (AvgIpc) is 2.95. The van der Waals surface area contributed by atoms with Crippen molar-refractivity contribution in [3.05, 3.63) is 20.8 Å². The third-order valence-electron chi connectivity index (χ3n) is 3.68. The molecule has 0 bridgehead atoms. The molecule has 2 nitrogen and oxygen atoms in total. The molecule has 0 saturated carbocycles. The van der Waals surface area contributed by atoms with Crippen LogP contribution in [0.15, 0.2) is 15.2 Å². The molecule has 1 fully saturated rings. The van der Waals surface area contributed by atoms with Crippen LogP contribution < -0.4 is 5.32 Å². The Morgan fingerprint density at radius 1 is 1.39 bits per heavy atom. The second kappa shape index (κ2) is 7.04. The van der Waals surface area contributed by atoms with Crippen LogP contribution in [-0.2, 0) is 6.54 Å². The third-order valence-corrected chi connectivity index (χ3v) is 5.24. The molecule has 0 aliphatic carbocycles. The number of thiophene rings is 1. The first-order valence-electron chi connectivity index (χ1n) is 6.84. The maximum atomic E-state index is 3.62. The highest BCUT2D eigenvalue weighted by molar-refractivity contribution is 9.11. The van der Waals surface area contributed by atoms with Gasteiger partial charge in [0.1, 0.15) is 0 Å². The van der Waals surface area contributed by atoms with Gasteiger partial charge >= 0.3 is 0 Å². The van der Waals surface area contributed by atoms with E-state index in [1.807, 2.05) is 0 Å². The van der Waals surface area contributed by atoms with Crippen LogP contribution in [0.25, 0.3) is 0 Å². The molecule has 1 saturated heterocycles. The number of rotatable bonds is 6. The van der Waals surface area contributed by atoms with Gasteiger partial charge in [-0.25, -0.2) is 0 Å². The molecule has 0 spiro atoms. The Labute approximate surface area is 123 Å². The van der Waals surface area contributed by atoms with E-state index < -0.39 is 0 Å².